The predicted octanol–water partition coefficient (Wildman–Crippen LogP) is 3.71. The van der Waals surface area contributed by atoms with Gasteiger partial charge in [-0.2, -0.15) is 0 Å². The maximum Gasteiger partial charge on any atom is 0.134 e. The monoisotopic (exact) mass is 266 g/mol. The van der Waals surface area contributed by atoms with E-state index in [0.717, 1.165) is 11.5 Å². The van der Waals surface area contributed by atoms with Crippen molar-refractivity contribution in [3.8, 4) is 10.6 Å². The molecule has 0 atom stereocenters. The van der Waals surface area contributed by atoms with Gasteiger partial charge in [0.25, 0.3) is 0 Å². The van der Waals surface area contributed by atoms with E-state index in [-0.39, 0.29) is 0 Å². The van der Waals surface area contributed by atoms with E-state index in [9.17, 15) is 0 Å². The van der Waals surface area contributed by atoms with Gasteiger partial charge in [0.15, 0.2) is 0 Å². The molecule has 0 spiro atoms. The van der Waals surface area contributed by atoms with E-state index < -0.39 is 0 Å². The van der Waals surface area contributed by atoms with Crippen molar-refractivity contribution >= 4 is 23.6 Å². The molecule has 0 amide bonds. The Balaban J connectivity index is 2.34. The summed E-state index contributed by atoms with van der Waals surface area (Å²) in [6.07, 6.45) is 0. The van der Waals surface area contributed by atoms with Crippen LogP contribution >= 0.6 is 23.6 Å². The van der Waals surface area contributed by atoms with Gasteiger partial charge in [0, 0.05) is 11.5 Å². The molecule has 17 heavy (non-hydrogen) atoms. The topological polar surface area (TPSA) is 37.9 Å². The number of ether oxygens (including phenoxy) is 1. The van der Waals surface area contributed by atoms with Crippen LogP contribution in [-0.4, -0.2) is 16.6 Å². The van der Waals surface area contributed by atoms with Crippen LogP contribution in [0.15, 0.2) is 18.2 Å². The largest absolute Gasteiger partial charge is 0.374 e. The Hall–Kier alpha value is -1.04. The lowest BCUT2D eigenvalue weighted by Gasteiger charge is -2.04. The lowest BCUT2D eigenvalue weighted by atomic mass is 10.3. The predicted molar refractivity (Wildman–Crippen MR) is 72.8 cm³/mol. The number of hydrogen-bond donors (Lipinski definition) is 1. The first kappa shape index (κ1) is 12.4. The van der Waals surface area contributed by atoms with Crippen molar-refractivity contribution in [1.82, 2.24) is 9.97 Å². The van der Waals surface area contributed by atoms with Gasteiger partial charge in [-0.3, -0.25) is 0 Å². The second-order valence-corrected chi connectivity index (χ2v) is 5.33. The third-order valence-corrected chi connectivity index (χ3v) is 3.48. The number of aryl methyl sites for hydroxylation is 1. The van der Waals surface area contributed by atoms with Gasteiger partial charge in [0.1, 0.15) is 17.1 Å². The highest BCUT2D eigenvalue weighted by molar-refractivity contribution is 7.71. The Bertz CT molecular complexity index is 560. The normalized spacial score (nSPS) is 10.7. The number of nitrogens with one attached hydrogen (secondary N) is 1. The molecule has 90 valence electrons. The van der Waals surface area contributed by atoms with Gasteiger partial charge in [0.2, 0.25) is 0 Å². The quantitative estimate of drug-likeness (QED) is 0.857. The number of rotatable bonds is 4. The first-order chi connectivity index (χ1) is 8.19. The zero-order valence-corrected chi connectivity index (χ0v) is 11.5. The van der Waals surface area contributed by atoms with E-state index >= 15 is 0 Å². The zero-order valence-electron chi connectivity index (χ0n) is 9.82. The summed E-state index contributed by atoms with van der Waals surface area (Å²) in [6.45, 7) is 5.19. The summed E-state index contributed by atoms with van der Waals surface area (Å²) in [4.78, 5) is 9.95. The molecule has 2 aromatic rings. The van der Waals surface area contributed by atoms with Crippen molar-refractivity contribution < 1.29 is 4.74 Å². The summed E-state index contributed by atoms with van der Waals surface area (Å²) in [6, 6.07) is 6.07. The van der Waals surface area contributed by atoms with Gasteiger partial charge in [0.05, 0.1) is 10.6 Å². The molecule has 0 bridgehead atoms. The van der Waals surface area contributed by atoms with Crippen LogP contribution in [0.4, 0.5) is 0 Å². The van der Waals surface area contributed by atoms with Crippen molar-refractivity contribution in [2.24, 2.45) is 0 Å². The molecule has 1 N–H and O–H groups in total. The van der Waals surface area contributed by atoms with E-state index in [4.69, 9.17) is 17.0 Å². The fraction of sp³-hybridized carbons (Fsp3) is 0.333. The van der Waals surface area contributed by atoms with E-state index in [2.05, 4.69) is 29.0 Å². The lowest BCUT2D eigenvalue weighted by Crippen LogP contribution is -2.00. The Labute approximate surface area is 110 Å². The molecule has 0 aliphatic heterocycles. The molecular weight excluding hydrogens is 252 g/mol. The standard InChI is InChI=1S/C12H14N2OS2/c1-3-15-7-11-13-9(6-12(16)14-11)10-5-4-8(2)17-10/h4-6H,3,7H2,1-2H3,(H,13,14,16). The molecule has 2 aromatic heterocycles. The van der Waals surface area contributed by atoms with E-state index in [0.29, 0.717) is 17.9 Å². The number of aromatic amines is 1. The molecular formula is C12H14N2OS2. The molecule has 0 saturated carbocycles. The Morgan fingerprint density at radius 3 is 2.94 bits per heavy atom. The second kappa shape index (κ2) is 5.53. The van der Waals surface area contributed by atoms with Crippen LogP contribution in [-0.2, 0) is 11.3 Å². The fourth-order valence-electron chi connectivity index (χ4n) is 1.49. The van der Waals surface area contributed by atoms with Crippen molar-refractivity contribution in [2.75, 3.05) is 6.61 Å². The zero-order chi connectivity index (χ0) is 12.3. The summed E-state index contributed by atoms with van der Waals surface area (Å²) < 4.78 is 5.93. The van der Waals surface area contributed by atoms with Crippen LogP contribution in [0, 0.1) is 11.6 Å². The summed E-state index contributed by atoms with van der Waals surface area (Å²) in [5, 5.41) is 0. The maximum atomic E-state index is 5.33. The Morgan fingerprint density at radius 2 is 2.29 bits per heavy atom. The highest BCUT2D eigenvalue weighted by Gasteiger charge is 2.04. The van der Waals surface area contributed by atoms with Crippen LogP contribution in [0.3, 0.4) is 0 Å². The molecule has 0 aromatic carbocycles. The minimum absolute atomic E-state index is 0.471. The Morgan fingerprint density at radius 1 is 1.47 bits per heavy atom. The third-order valence-electron chi connectivity index (χ3n) is 2.24. The first-order valence-corrected chi connectivity index (χ1v) is 6.66. The van der Waals surface area contributed by atoms with Gasteiger partial charge in [-0.25, -0.2) is 4.98 Å². The molecule has 0 aliphatic rings. The summed E-state index contributed by atoms with van der Waals surface area (Å²) in [5.41, 5.74) is 1.01. The summed E-state index contributed by atoms with van der Waals surface area (Å²) in [7, 11) is 0. The SMILES string of the molecule is CCOCc1nc(=S)cc(-c2ccc(C)s2)[nH]1. The van der Waals surface area contributed by atoms with Crippen LogP contribution < -0.4 is 0 Å². The van der Waals surface area contributed by atoms with Crippen molar-refractivity contribution in [2.45, 2.75) is 20.5 Å². The molecule has 2 heterocycles. The van der Waals surface area contributed by atoms with Gasteiger partial charge in [-0.1, -0.05) is 12.2 Å². The van der Waals surface area contributed by atoms with E-state index in [1.165, 1.54) is 9.75 Å². The van der Waals surface area contributed by atoms with Crippen molar-refractivity contribution in [3.05, 3.63) is 33.5 Å². The smallest absolute Gasteiger partial charge is 0.134 e. The van der Waals surface area contributed by atoms with Crippen molar-refractivity contribution in [1.29, 1.82) is 0 Å². The minimum atomic E-state index is 0.471. The lowest BCUT2D eigenvalue weighted by molar-refractivity contribution is 0.128. The van der Waals surface area contributed by atoms with Gasteiger partial charge in [-0.05, 0) is 32.0 Å². The van der Waals surface area contributed by atoms with Crippen LogP contribution in [0.25, 0.3) is 10.6 Å². The minimum Gasteiger partial charge on any atom is -0.374 e. The highest BCUT2D eigenvalue weighted by atomic mass is 32.1. The molecule has 0 radical (unpaired) electrons. The molecule has 5 heteroatoms. The molecule has 2 rings (SSSR count). The van der Waals surface area contributed by atoms with Gasteiger partial charge < -0.3 is 9.72 Å². The number of H-pyrrole nitrogens is 1. The molecule has 3 nitrogen and oxygen atoms in total. The fourth-order valence-corrected chi connectivity index (χ4v) is 2.55. The molecule has 0 saturated heterocycles. The molecule has 0 fully saturated rings. The van der Waals surface area contributed by atoms with Crippen LogP contribution in [0.5, 0.6) is 0 Å². The van der Waals surface area contributed by atoms with Crippen LogP contribution in [0.1, 0.15) is 17.6 Å². The van der Waals surface area contributed by atoms with Crippen LogP contribution in [0.2, 0.25) is 0 Å². The summed E-state index contributed by atoms with van der Waals surface area (Å²) >= 11 is 6.90. The van der Waals surface area contributed by atoms with Gasteiger partial charge in [-0.15, -0.1) is 11.3 Å². The number of aromatic nitrogens is 2. The van der Waals surface area contributed by atoms with Crippen molar-refractivity contribution in [3.63, 3.8) is 0 Å². The highest BCUT2D eigenvalue weighted by Crippen LogP contribution is 2.25. The summed E-state index contributed by atoms with van der Waals surface area (Å²) in [5.74, 6) is 0.778. The first-order valence-electron chi connectivity index (χ1n) is 5.44. The molecule has 0 aliphatic carbocycles. The number of hydrogen-bond acceptors (Lipinski definition) is 4. The molecule has 0 unspecified atom stereocenters. The van der Waals surface area contributed by atoms with Gasteiger partial charge >= 0.3 is 0 Å². The number of thiophene rings is 1. The van der Waals surface area contributed by atoms with E-state index in [1.807, 2.05) is 13.0 Å². The average Bonchev–Trinajstić information content (AvgIpc) is 2.72. The Kier molecular flexibility index (Phi) is 4.04. The second-order valence-electron chi connectivity index (χ2n) is 3.63. The van der Waals surface area contributed by atoms with E-state index in [1.54, 1.807) is 11.3 Å². The number of nitrogens with zero attached hydrogens (tertiary/aromatic N) is 1. The third kappa shape index (κ3) is 3.21. The maximum absolute atomic E-state index is 5.33. The average molecular weight is 266 g/mol.